The Bertz CT molecular complexity index is 533. The van der Waals surface area contributed by atoms with Crippen LogP contribution in [-0.4, -0.2) is 35.2 Å². The number of rotatable bonds is 6. The lowest BCUT2D eigenvalue weighted by Crippen LogP contribution is -2.29. The summed E-state index contributed by atoms with van der Waals surface area (Å²) in [7, 11) is 2.04. The van der Waals surface area contributed by atoms with Crippen molar-refractivity contribution in [3.05, 3.63) is 64.4 Å². The third kappa shape index (κ3) is 4.13. The molecule has 2 rings (SSSR count). The smallest absolute Gasteiger partial charge is 0.0628 e. The van der Waals surface area contributed by atoms with Gasteiger partial charge in [-0.05, 0) is 42.8 Å². The number of halogens is 1. The van der Waals surface area contributed by atoms with Crippen LogP contribution in [0, 0.1) is 0 Å². The van der Waals surface area contributed by atoms with Crippen LogP contribution in [0.15, 0.2) is 53.3 Å². The first kappa shape index (κ1) is 15.2. The maximum absolute atomic E-state index is 9.67. The molecule has 0 unspecified atom stereocenters. The van der Waals surface area contributed by atoms with Gasteiger partial charge in [0.25, 0.3) is 0 Å². The normalized spacial score (nSPS) is 12.6. The quantitative estimate of drug-likeness (QED) is 0.881. The van der Waals surface area contributed by atoms with E-state index in [2.05, 4.69) is 37.9 Å². The largest absolute Gasteiger partial charge is 0.394 e. The minimum Gasteiger partial charge on any atom is -0.394 e. The molecule has 20 heavy (non-hydrogen) atoms. The Hall–Kier alpha value is -1.23. The van der Waals surface area contributed by atoms with Crippen LogP contribution in [0.1, 0.15) is 17.2 Å². The van der Waals surface area contributed by atoms with Crippen molar-refractivity contribution in [2.45, 2.75) is 12.5 Å². The van der Waals surface area contributed by atoms with E-state index in [1.165, 1.54) is 5.56 Å². The van der Waals surface area contributed by atoms with Crippen LogP contribution in [0.2, 0.25) is 0 Å². The number of hydrogen-bond acceptors (Lipinski definition) is 3. The van der Waals surface area contributed by atoms with Gasteiger partial charge in [0, 0.05) is 23.4 Å². The second-order valence-corrected chi connectivity index (χ2v) is 5.76. The van der Waals surface area contributed by atoms with Gasteiger partial charge >= 0.3 is 0 Å². The molecule has 4 heteroatoms. The van der Waals surface area contributed by atoms with Crippen molar-refractivity contribution in [2.75, 3.05) is 20.2 Å². The molecule has 0 saturated heterocycles. The number of benzene rings is 1. The van der Waals surface area contributed by atoms with Crippen molar-refractivity contribution < 1.29 is 5.11 Å². The van der Waals surface area contributed by atoms with E-state index < -0.39 is 0 Å². The van der Waals surface area contributed by atoms with E-state index in [0.29, 0.717) is 0 Å². The van der Waals surface area contributed by atoms with E-state index in [1.807, 2.05) is 37.5 Å². The fraction of sp³-hybridized carbons (Fsp3) is 0.312. The molecule has 1 aromatic heterocycles. The predicted molar refractivity (Wildman–Crippen MR) is 84.5 cm³/mol. The van der Waals surface area contributed by atoms with Crippen LogP contribution in [-0.2, 0) is 6.42 Å². The highest BCUT2D eigenvalue weighted by Gasteiger charge is 2.16. The molecule has 3 nitrogen and oxygen atoms in total. The lowest BCUT2D eigenvalue weighted by Gasteiger charge is -2.27. The van der Waals surface area contributed by atoms with Gasteiger partial charge in [-0.25, -0.2) is 0 Å². The molecule has 1 heterocycles. The van der Waals surface area contributed by atoms with Crippen molar-refractivity contribution in [1.82, 2.24) is 9.88 Å². The van der Waals surface area contributed by atoms with E-state index in [1.54, 1.807) is 6.20 Å². The van der Waals surface area contributed by atoms with E-state index in [0.717, 1.165) is 23.0 Å². The van der Waals surface area contributed by atoms with E-state index in [9.17, 15) is 5.11 Å². The number of nitrogens with zero attached hydrogens (tertiary/aromatic N) is 2. The SMILES string of the molecule is CN(CCc1cccnc1)[C@@H](CO)c1cccc(Br)c1. The number of aromatic nitrogens is 1. The average Bonchev–Trinajstić information content (AvgIpc) is 2.47. The number of hydrogen-bond donors (Lipinski definition) is 1. The summed E-state index contributed by atoms with van der Waals surface area (Å²) < 4.78 is 1.04. The standard InChI is InChI=1S/C16H19BrN2O/c1-19(9-7-13-4-3-8-18-11-13)16(12-20)14-5-2-6-15(17)10-14/h2-6,8,10-11,16,20H,7,9,12H2,1H3/t16-/m0/s1. The average molecular weight is 335 g/mol. The Kier molecular flexibility index (Phi) is 5.71. The maximum atomic E-state index is 9.67. The molecule has 1 aromatic carbocycles. The number of aliphatic hydroxyl groups is 1. The summed E-state index contributed by atoms with van der Waals surface area (Å²) in [5, 5.41) is 9.67. The highest BCUT2D eigenvalue weighted by molar-refractivity contribution is 9.10. The zero-order chi connectivity index (χ0) is 14.4. The van der Waals surface area contributed by atoms with Crippen LogP contribution in [0.3, 0.4) is 0 Å². The number of likely N-dealkylation sites (N-methyl/N-ethyl adjacent to an activating group) is 1. The molecule has 2 aromatic rings. The fourth-order valence-electron chi connectivity index (χ4n) is 2.22. The Morgan fingerprint density at radius 2 is 2.15 bits per heavy atom. The van der Waals surface area contributed by atoms with Crippen LogP contribution >= 0.6 is 15.9 Å². The number of aliphatic hydroxyl groups excluding tert-OH is 1. The van der Waals surface area contributed by atoms with Crippen molar-refractivity contribution >= 4 is 15.9 Å². The van der Waals surface area contributed by atoms with E-state index in [4.69, 9.17) is 0 Å². The molecule has 0 aliphatic carbocycles. The summed E-state index contributed by atoms with van der Waals surface area (Å²) in [5.74, 6) is 0. The molecular weight excluding hydrogens is 316 g/mol. The summed E-state index contributed by atoms with van der Waals surface area (Å²) >= 11 is 3.48. The predicted octanol–water partition coefficient (Wildman–Crippen LogP) is 3.05. The van der Waals surface area contributed by atoms with Gasteiger partial charge < -0.3 is 5.11 Å². The number of pyridine rings is 1. The maximum Gasteiger partial charge on any atom is 0.0628 e. The van der Waals surface area contributed by atoms with Crippen LogP contribution in [0.4, 0.5) is 0 Å². The topological polar surface area (TPSA) is 36.4 Å². The zero-order valence-corrected chi connectivity index (χ0v) is 13.1. The first-order chi connectivity index (χ1) is 9.70. The van der Waals surface area contributed by atoms with Gasteiger partial charge in [0.05, 0.1) is 12.6 Å². The van der Waals surface area contributed by atoms with Gasteiger partial charge in [-0.2, -0.15) is 0 Å². The zero-order valence-electron chi connectivity index (χ0n) is 11.5. The molecular formula is C16H19BrN2O. The molecule has 0 aliphatic rings. The molecule has 0 spiro atoms. The second kappa shape index (κ2) is 7.53. The van der Waals surface area contributed by atoms with Gasteiger partial charge in [-0.15, -0.1) is 0 Å². The Balaban J connectivity index is 2.00. The Morgan fingerprint density at radius 3 is 2.80 bits per heavy atom. The highest BCUT2D eigenvalue weighted by Crippen LogP contribution is 2.22. The van der Waals surface area contributed by atoms with Crippen molar-refractivity contribution in [1.29, 1.82) is 0 Å². The van der Waals surface area contributed by atoms with Crippen molar-refractivity contribution in [3.63, 3.8) is 0 Å². The van der Waals surface area contributed by atoms with Gasteiger partial charge in [0.15, 0.2) is 0 Å². The Labute approximate surface area is 128 Å². The molecule has 0 bridgehead atoms. The first-order valence-corrected chi connectivity index (χ1v) is 7.45. The minimum absolute atomic E-state index is 0.0178. The van der Waals surface area contributed by atoms with E-state index in [-0.39, 0.29) is 12.6 Å². The second-order valence-electron chi connectivity index (χ2n) is 4.85. The molecule has 0 saturated carbocycles. The summed E-state index contributed by atoms with van der Waals surface area (Å²) in [6, 6.07) is 12.1. The lowest BCUT2D eigenvalue weighted by molar-refractivity contribution is 0.149. The monoisotopic (exact) mass is 334 g/mol. The van der Waals surface area contributed by atoms with Crippen LogP contribution in [0.5, 0.6) is 0 Å². The van der Waals surface area contributed by atoms with E-state index >= 15 is 0 Å². The van der Waals surface area contributed by atoms with Crippen molar-refractivity contribution in [3.8, 4) is 0 Å². The summed E-state index contributed by atoms with van der Waals surface area (Å²) in [6.07, 6.45) is 4.60. The van der Waals surface area contributed by atoms with Gasteiger partial charge in [0.2, 0.25) is 0 Å². The molecule has 0 fully saturated rings. The van der Waals surface area contributed by atoms with Crippen molar-refractivity contribution in [2.24, 2.45) is 0 Å². The van der Waals surface area contributed by atoms with Gasteiger partial charge in [-0.1, -0.05) is 34.1 Å². The third-order valence-electron chi connectivity index (χ3n) is 3.41. The fourth-order valence-corrected chi connectivity index (χ4v) is 2.64. The molecule has 1 atom stereocenters. The minimum atomic E-state index is 0.0178. The summed E-state index contributed by atoms with van der Waals surface area (Å²) in [4.78, 5) is 6.30. The van der Waals surface area contributed by atoms with Gasteiger partial charge in [0.1, 0.15) is 0 Å². The van der Waals surface area contributed by atoms with Gasteiger partial charge in [-0.3, -0.25) is 9.88 Å². The van der Waals surface area contributed by atoms with Crippen LogP contribution < -0.4 is 0 Å². The summed E-state index contributed by atoms with van der Waals surface area (Å²) in [5.41, 5.74) is 2.33. The third-order valence-corrected chi connectivity index (χ3v) is 3.91. The Morgan fingerprint density at radius 1 is 1.30 bits per heavy atom. The molecule has 106 valence electrons. The highest BCUT2D eigenvalue weighted by atomic mass is 79.9. The molecule has 1 N–H and O–H groups in total. The first-order valence-electron chi connectivity index (χ1n) is 6.66. The molecule has 0 aliphatic heterocycles. The lowest BCUT2D eigenvalue weighted by atomic mass is 10.1. The summed E-state index contributed by atoms with van der Waals surface area (Å²) in [6.45, 7) is 0.990. The molecule has 0 amide bonds. The molecule has 0 radical (unpaired) electrons. The van der Waals surface area contributed by atoms with Crippen LogP contribution in [0.25, 0.3) is 0 Å².